The normalized spacial score (nSPS) is 10.9. The van der Waals surface area contributed by atoms with Crippen molar-refractivity contribution in [2.24, 2.45) is 0 Å². The van der Waals surface area contributed by atoms with E-state index in [4.69, 9.17) is 0 Å². The Morgan fingerprint density at radius 1 is 0.469 bits per heavy atom. The summed E-state index contributed by atoms with van der Waals surface area (Å²) in [6.07, 6.45) is 1.08. The Morgan fingerprint density at radius 2 is 0.898 bits per heavy atom. The monoisotopic (exact) mass is 783 g/mol. The van der Waals surface area contributed by atoms with Gasteiger partial charge in [-0.05, 0) is 82.3 Å². The number of nitro groups is 1. The minimum absolute atomic E-state index is 0.120. The lowest BCUT2D eigenvalue weighted by Gasteiger charge is -2.18. The van der Waals surface area contributed by atoms with Crippen molar-refractivity contribution in [3.8, 4) is 22.3 Å². The van der Waals surface area contributed by atoms with E-state index >= 15 is 0 Å². The van der Waals surface area contributed by atoms with Gasteiger partial charge in [-0.25, -0.2) is 0 Å². The highest BCUT2D eigenvalue weighted by molar-refractivity contribution is 9.10. The van der Waals surface area contributed by atoms with Crippen LogP contribution in [0.2, 0.25) is 0 Å². The summed E-state index contributed by atoms with van der Waals surface area (Å²) < 4.78 is 1.99. The fourth-order valence-corrected chi connectivity index (χ4v) is 8.82. The predicted molar refractivity (Wildman–Crippen MR) is 214 cm³/mol. The zero-order valence-corrected chi connectivity index (χ0v) is 30.6. The van der Waals surface area contributed by atoms with Gasteiger partial charge in [0.25, 0.3) is 5.69 Å². The van der Waals surface area contributed by atoms with E-state index in [0.717, 1.165) is 20.9 Å². The van der Waals surface area contributed by atoms with Crippen molar-refractivity contribution in [1.82, 2.24) is 0 Å². The van der Waals surface area contributed by atoms with Gasteiger partial charge >= 0.3 is 0 Å². The van der Waals surface area contributed by atoms with E-state index in [9.17, 15) is 10.1 Å². The van der Waals surface area contributed by atoms with E-state index in [1.54, 1.807) is 12.1 Å². The van der Waals surface area contributed by atoms with E-state index in [0.29, 0.717) is 5.56 Å². The van der Waals surface area contributed by atoms with Gasteiger partial charge in [-0.2, -0.15) is 0 Å². The molecule has 7 aromatic carbocycles. The first-order valence-corrected chi connectivity index (χ1v) is 18.7. The molecular formula is C43H32Br2NO2P. The SMILES string of the molecule is Brc1ccc2c(c1)-c1ccccc1C2.O=[N+]([O-])c1ccc(Br)cc1-c1ccccc1.c1ccc(P(c2ccccc2)c2ccccc2)cc1. The van der Waals surface area contributed by atoms with Crippen molar-refractivity contribution in [2.75, 3.05) is 0 Å². The molecule has 3 nitrogen and oxygen atoms in total. The molecule has 0 amide bonds. The first-order chi connectivity index (χ1) is 24.0. The molecule has 0 radical (unpaired) electrons. The van der Waals surface area contributed by atoms with Gasteiger partial charge in [-0.3, -0.25) is 10.1 Å². The summed E-state index contributed by atoms with van der Waals surface area (Å²) in [4.78, 5) is 10.5. The number of hydrogen-bond acceptors (Lipinski definition) is 2. The molecule has 0 bridgehead atoms. The van der Waals surface area contributed by atoms with Crippen LogP contribution in [-0.4, -0.2) is 4.92 Å². The number of nitrogens with zero attached hydrogens (tertiary/aromatic N) is 1. The smallest absolute Gasteiger partial charge is 0.258 e. The van der Waals surface area contributed by atoms with E-state index < -0.39 is 7.92 Å². The average molecular weight is 786 g/mol. The number of hydrogen-bond donors (Lipinski definition) is 0. The second-order valence-electron chi connectivity index (χ2n) is 11.3. The maximum absolute atomic E-state index is 10.9. The predicted octanol–water partition coefficient (Wildman–Crippen LogP) is 11.5. The van der Waals surface area contributed by atoms with Gasteiger partial charge in [-0.1, -0.05) is 184 Å². The molecule has 0 aliphatic heterocycles. The summed E-state index contributed by atoms with van der Waals surface area (Å²) in [6, 6.07) is 61.7. The third-order valence-corrected chi connectivity index (χ3v) is 11.5. The molecule has 8 rings (SSSR count). The molecule has 0 saturated carbocycles. The Bertz CT molecular complexity index is 2050. The summed E-state index contributed by atoms with van der Waals surface area (Å²) >= 11 is 6.84. The molecular weight excluding hydrogens is 753 g/mol. The third-order valence-electron chi connectivity index (χ3n) is 8.04. The van der Waals surface area contributed by atoms with Crippen molar-refractivity contribution in [1.29, 1.82) is 0 Å². The highest BCUT2D eigenvalue weighted by atomic mass is 79.9. The highest BCUT2D eigenvalue weighted by Crippen LogP contribution is 2.38. The molecule has 0 aromatic heterocycles. The molecule has 0 heterocycles. The van der Waals surface area contributed by atoms with E-state index in [1.165, 1.54) is 44.2 Å². The summed E-state index contributed by atoms with van der Waals surface area (Å²) in [7, 11) is -0.446. The number of halogens is 2. The van der Waals surface area contributed by atoms with Gasteiger partial charge in [-0.15, -0.1) is 0 Å². The van der Waals surface area contributed by atoms with Crippen LogP contribution in [0.4, 0.5) is 5.69 Å². The third kappa shape index (κ3) is 8.68. The van der Waals surface area contributed by atoms with Crippen molar-refractivity contribution >= 4 is 61.4 Å². The summed E-state index contributed by atoms with van der Waals surface area (Å²) in [5.41, 5.74) is 7.25. The van der Waals surface area contributed by atoms with E-state index in [-0.39, 0.29) is 10.6 Å². The largest absolute Gasteiger partial charge is 0.277 e. The van der Waals surface area contributed by atoms with Crippen LogP contribution in [0, 0.1) is 10.1 Å². The van der Waals surface area contributed by atoms with Gasteiger partial charge in [0, 0.05) is 15.0 Å². The van der Waals surface area contributed by atoms with Crippen LogP contribution in [0.1, 0.15) is 11.1 Å². The molecule has 0 N–H and O–H groups in total. The van der Waals surface area contributed by atoms with Crippen LogP contribution in [0.5, 0.6) is 0 Å². The topological polar surface area (TPSA) is 43.1 Å². The van der Waals surface area contributed by atoms with Gasteiger partial charge in [0.05, 0.1) is 10.5 Å². The lowest BCUT2D eigenvalue weighted by Crippen LogP contribution is -2.20. The van der Waals surface area contributed by atoms with Crippen LogP contribution in [-0.2, 0) is 6.42 Å². The lowest BCUT2D eigenvalue weighted by atomic mass is 10.0. The zero-order chi connectivity index (χ0) is 34.0. The Balaban J connectivity index is 0.000000129. The van der Waals surface area contributed by atoms with E-state index in [1.807, 2.05) is 30.3 Å². The fourth-order valence-electron chi connectivity index (χ4n) is 5.79. The molecule has 0 spiro atoms. The molecule has 7 aromatic rings. The molecule has 240 valence electrons. The Hall–Kier alpha value is -4.67. The number of nitro benzene ring substituents is 1. The van der Waals surface area contributed by atoms with Crippen LogP contribution in [0.3, 0.4) is 0 Å². The minimum Gasteiger partial charge on any atom is -0.258 e. The highest BCUT2D eigenvalue weighted by Gasteiger charge is 2.18. The molecule has 49 heavy (non-hydrogen) atoms. The van der Waals surface area contributed by atoms with Gasteiger partial charge < -0.3 is 0 Å². The second kappa shape index (κ2) is 16.6. The van der Waals surface area contributed by atoms with Crippen LogP contribution in [0.15, 0.2) is 191 Å². The quantitative estimate of drug-likeness (QED) is 0.0991. The zero-order valence-electron chi connectivity index (χ0n) is 26.5. The number of benzene rings is 7. The molecule has 0 fully saturated rings. The van der Waals surface area contributed by atoms with Crippen LogP contribution in [0.25, 0.3) is 22.3 Å². The second-order valence-corrected chi connectivity index (χ2v) is 15.3. The fraction of sp³-hybridized carbons (Fsp3) is 0.0233. The Kier molecular flexibility index (Phi) is 11.6. The average Bonchev–Trinajstić information content (AvgIpc) is 3.52. The van der Waals surface area contributed by atoms with Crippen molar-refractivity contribution in [3.63, 3.8) is 0 Å². The first kappa shape index (κ1) is 34.2. The van der Waals surface area contributed by atoms with Crippen molar-refractivity contribution in [3.05, 3.63) is 212 Å². The standard InChI is InChI=1S/C18H15P.C13H9Br.C12H8BrNO2/c1-4-10-16(11-5-1)19(17-12-6-2-7-13-17)18-14-8-3-9-15-18;14-11-6-5-10-7-9-3-1-2-4-12(9)13(10)8-11;13-10-6-7-12(14(15)16)11(8-10)9-4-2-1-3-5-9/h1-15H;1-6,8H,7H2;1-8H. The number of rotatable bonds is 5. The molecule has 0 saturated heterocycles. The molecule has 1 aliphatic carbocycles. The van der Waals surface area contributed by atoms with Gasteiger partial charge in [0.15, 0.2) is 0 Å². The first-order valence-electron chi connectivity index (χ1n) is 15.8. The maximum Gasteiger partial charge on any atom is 0.277 e. The van der Waals surface area contributed by atoms with Crippen LogP contribution < -0.4 is 15.9 Å². The molecule has 6 heteroatoms. The molecule has 1 aliphatic rings. The Labute approximate surface area is 305 Å². The van der Waals surface area contributed by atoms with Gasteiger partial charge in [0.1, 0.15) is 0 Å². The van der Waals surface area contributed by atoms with Crippen LogP contribution >= 0.6 is 39.8 Å². The summed E-state index contributed by atoms with van der Waals surface area (Å²) in [5.74, 6) is 0. The molecule has 0 unspecified atom stereocenters. The summed E-state index contributed by atoms with van der Waals surface area (Å²) in [5, 5.41) is 15.1. The van der Waals surface area contributed by atoms with Crippen molar-refractivity contribution < 1.29 is 4.92 Å². The maximum atomic E-state index is 10.9. The van der Waals surface area contributed by atoms with E-state index in [2.05, 4.69) is 165 Å². The number of fused-ring (bicyclic) bond motifs is 3. The molecule has 0 atom stereocenters. The van der Waals surface area contributed by atoms with Gasteiger partial charge in [0.2, 0.25) is 0 Å². The minimum atomic E-state index is -0.446. The summed E-state index contributed by atoms with van der Waals surface area (Å²) in [6.45, 7) is 0. The van der Waals surface area contributed by atoms with Crippen molar-refractivity contribution in [2.45, 2.75) is 6.42 Å². The Morgan fingerprint density at radius 3 is 1.43 bits per heavy atom. The lowest BCUT2D eigenvalue weighted by molar-refractivity contribution is -0.384.